The summed E-state index contributed by atoms with van der Waals surface area (Å²) in [7, 11) is 1.90. The summed E-state index contributed by atoms with van der Waals surface area (Å²) in [5, 5.41) is 4.70. The highest BCUT2D eigenvalue weighted by molar-refractivity contribution is 7.12. The van der Waals surface area contributed by atoms with E-state index in [1.54, 1.807) is 6.07 Å². The summed E-state index contributed by atoms with van der Waals surface area (Å²) in [5.74, 6) is 0.625. The molecule has 0 radical (unpaired) electrons. The Bertz CT molecular complexity index is 707. The van der Waals surface area contributed by atoms with E-state index < -0.39 is 0 Å². The summed E-state index contributed by atoms with van der Waals surface area (Å²) in [6.45, 7) is 0.388. The Hall–Kier alpha value is -2.14. The average Bonchev–Trinajstić information content (AvgIpc) is 3.23. The van der Waals surface area contributed by atoms with Crippen molar-refractivity contribution in [3.8, 4) is 0 Å². The maximum Gasteiger partial charge on any atom is 0.261 e. The second-order valence-electron chi connectivity index (χ2n) is 6.90. The van der Waals surface area contributed by atoms with Crippen LogP contribution in [-0.2, 0) is 4.79 Å². The predicted octanol–water partition coefficient (Wildman–Crippen LogP) is 4.05. The van der Waals surface area contributed by atoms with Gasteiger partial charge in [0.1, 0.15) is 0 Å². The number of nitrogens with zero attached hydrogens (tertiary/aromatic N) is 1. The van der Waals surface area contributed by atoms with E-state index in [1.165, 1.54) is 16.9 Å². The molecule has 0 saturated heterocycles. The first kappa shape index (κ1) is 18.6. The van der Waals surface area contributed by atoms with Gasteiger partial charge in [-0.3, -0.25) is 9.59 Å². The van der Waals surface area contributed by atoms with Crippen LogP contribution >= 0.6 is 11.3 Å². The van der Waals surface area contributed by atoms with Crippen LogP contribution in [0.2, 0.25) is 0 Å². The third kappa shape index (κ3) is 4.73. The summed E-state index contributed by atoms with van der Waals surface area (Å²) in [5.41, 5.74) is 1.41. The molecule has 1 aromatic heterocycles. The normalized spacial score (nSPS) is 19.7. The number of carbonyl (C=O) groups is 2. The highest BCUT2D eigenvalue weighted by Crippen LogP contribution is 2.34. The van der Waals surface area contributed by atoms with Crippen LogP contribution in [0.1, 0.15) is 53.3 Å². The van der Waals surface area contributed by atoms with Crippen LogP contribution in [0.15, 0.2) is 47.8 Å². The van der Waals surface area contributed by atoms with E-state index in [0.717, 1.165) is 25.7 Å². The highest BCUT2D eigenvalue weighted by Gasteiger charge is 2.27. The standard InChI is InChI=1S/C21H26N2O2S/c1-23(20(24)13-14-22-21(25)19-8-5-15-26-19)18-11-9-17(10-12-18)16-6-3-2-4-7-16/h2-8,15,17-18H,9-14H2,1H3,(H,22,25). The van der Waals surface area contributed by atoms with Gasteiger partial charge in [0, 0.05) is 26.1 Å². The van der Waals surface area contributed by atoms with Gasteiger partial charge in [0.05, 0.1) is 4.88 Å². The topological polar surface area (TPSA) is 49.4 Å². The smallest absolute Gasteiger partial charge is 0.261 e. The molecule has 138 valence electrons. The van der Waals surface area contributed by atoms with Gasteiger partial charge in [-0.25, -0.2) is 0 Å². The number of nitrogens with one attached hydrogen (secondary N) is 1. The van der Waals surface area contributed by atoms with Crippen LogP contribution in [-0.4, -0.2) is 36.3 Å². The van der Waals surface area contributed by atoms with E-state index >= 15 is 0 Å². The number of benzene rings is 1. The second kappa shape index (κ2) is 8.99. The summed E-state index contributed by atoms with van der Waals surface area (Å²) in [6.07, 6.45) is 4.70. The monoisotopic (exact) mass is 370 g/mol. The van der Waals surface area contributed by atoms with Gasteiger partial charge in [-0.2, -0.15) is 0 Å². The van der Waals surface area contributed by atoms with Crippen LogP contribution in [0.25, 0.3) is 0 Å². The van der Waals surface area contributed by atoms with E-state index in [2.05, 4.69) is 35.6 Å². The summed E-state index contributed by atoms with van der Waals surface area (Å²) in [6, 6.07) is 14.6. The van der Waals surface area contributed by atoms with Crippen molar-refractivity contribution in [3.05, 3.63) is 58.3 Å². The molecule has 4 nitrogen and oxygen atoms in total. The predicted molar refractivity (Wildman–Crippen MR) is 105 cm³/mol. The molecular weight excluding hydrogens is 344 g/mol. The SMILES string of the molecule is CN(C(=O)CCNC(=O)c1cccs1)C1CCC(c2ccccc2)CC1. The van der Waals surface area contributed by atoms with E-state index in [0.29, 0.717) is 29.8 Å². The molecule has 2 amide bonds. The van der Waals surface area contributed by atoms with Gasteiger partial charge in [0.15, 0.2) is 0 Å². The van der Waals surface area contributed by atoms with Gasteiger partial charge in [-0.05, 0) is 48.6 Å². The number of hydrogen-bond donors (Lipinski definition) is 1. The average molecular weight is 371 g/mol. The van der Waals surface area contributed by atoms with Crippen LogP contribution in [0, 0.1) is 0 Å². The molecular formula is C21H26N2O2S. The lowest BCUT2D eigenvalue weighted by Gasteiger charge is -2.35. The zero-order chi connectivity index (χ0) is 18.4. The number of carbonyl (C=O) groups excluding carboxylic acids is 2. The fraction of sp³-hybridized carbons (Fsp3) is 0.429. The Morgan fingerprint density at radius 2 is 1.81 bits per heavy atom. The van der Waals surface area contributed by atoms with Crippen molar-refractivity contribution in [2.24, 2.45) is 0 Å². The Morgan fingerprint density at radius 1 is 1.08 bits per heavy atom. The van der Waals surface area contributed by atoms with Gasteiger partial charge in [0.2, 0.25) is 5.91 Å². The Kier molecular flexibility index (Phi) is 6.45. The molecule has 1 heterocycles. The zero-order valence-electron chi connectivity index (χ0n) is 15.2. The summed E-state index contributed by atoms with van der Waals surface area (Å²) >= 11 is 1.41. The number of rotatable bonds is 6. The summed E-state index contributed by atoms with van der Waals surface area (Å²) in [4.78, 5) is 26.9. The van der Waals surface area contributed by atoms with Crippen LogP contribution in [0.3, 0.4) is 0 Å². The molecule has 0 aliphatic heterocycles. The van der Waals surface area contributed by atoms with Crippen molar-refractivity contribution in [1.29, 1.82) is 0 Å². The zero-order valence-corrected chi connectivity index (χ0v) is 16.0. The number of hydrogen-bond acceptors (Lipinski definition) is 3. The second-order valence-corrected chi connectivity index (χ2v) is 7.85. The maximum absolute atomic E-state index is 12.4. The minimum absolute atomic E-state index is 0.0983. The van der Waals surface area contributed by atoms with Gasteiger partial charge in [-0.1, -0.05) is 36.4 Å². The number of amides is 2. The van der Waals surface area contributed by atoms with E-state index in [1.807, 2.05) is 23.4 Å². The Morgan fingerprint density at radius 3 is 2.46 bits per heavy atom. The largest absolute Gasteiger partial charge is 0.351 e. The molecule has 1 fully saturated rings. The van der Waals surface area contributed by atoms with Crippen molar-refractivity contribution in [2.45, 2.75) is 44.1 Å². The lowest BCUT2D eigenvalue weighted by Crippen LogP contribution is -2.40. The molecule has 1 saturated carbocycles. The molecule has 0 unspecified atom stereocenters. The highest BCUT2D eigenvalue weighted by atomic mass is 32.1. The van der Waals surface area contributed by atoms with Gasteiger partial charge < -0.3 is 10.2 Å². The Balaban J connectivity index is 1.41. The maximum atomic E-state index is 12.4. The van der Waals surface area contributed by atoms with Gasteiger partial charge >= 0.3 is 0 Å². The van der Waals surface area contributed by atoms with Gasteiger partial charge in [0.25, 0.3) is 5.91 Å². The van der Waals surface area contributed by atoms with E-state index in [4.69, 9.17) is 0 Å². The third-order valence-corrected chi connectivity index (χ3v) is 6.15. The molecule has 0 spiro atoms. The molecule has 1 aliphatic rings. The molecule has 5 heteroatoms. The molecule has 2 aromatic rings. The quantitative estimate of drug-likeness (QED) is 0.834. The lowest BCUT2D eigenvalue weighted by atomic mass is 9.81. The third-order valence-electron chi connectivity index (χ3n) is 5.28. The fourth-order valence-electron chi connectivity index (χ4n) is 3.68. The lowest BCUT2D eigenvalue weighted by molar-refractivity contribution is -0.132. The van der Waals surface area contributed by atoms with E-state index in [9.17, 15) is 9.59 Å². The van der Waals surface area contributed by atoms with Crippen molar-refractivity contribution in [3.63, 3.8) is 0 Å². The molecule has 1 aromatic carbocycles. The van der Waals surface area contributed by atoms with Crippen molar-refractivity contribution in [2.75, 3.05) is 13.6 Å². The van der Waals surface area contributed by atoms with Crippen molar-refractivity contribution in [1.82, 2.24) is 10.2 Å². The number of thiophene rings is 1. The molecule has 26 heavy (non-hydrogen) atoms. The summed E-state index contributed by atoms with van der Waals surface area (Å²) < 4.78 is 0. The first-order valence-corrected chi connectivity index (χ1v) is 10.2. The van der Waals surface area contributed by atoms with Crippen LogP contribution in [0.5, 0.6) is 0 Å². The molecule has 1 N–H and O–H groups in total. The van der Waals surface area contributed by atoms with Crippen molar-refractivity contribution < 1.29 is 9.59 Å². The molecule has 0 bridgehead atoms. The first-order chi connectivity index (χ1) is 12.6. The van der Waals surface area contributed by atoms with E-state index in [-0.39, 0.29) is 11.8 Å². The minimum Gasteiger partial charge on any atom is -0.351 e. The molecule has 0 atom stereocenters. The van der Waals surface area contributed by atoms with Crippen LogP contribution in [0.4, 0.5) is 0 Å². The molecule has 3 rings (SSSR count). The Labute approximate surface area is 159 Å². The minimum atomic E-state index is -0.0983. The van der Waals surface area contributed by atoms with Crippen LogP contribution < -0.4 is 5.32 Å². The fourth-order valence-corrected chi connectivity index (χ4v) is 4.32. The van der Waals surface area contributed by atoms with Crippen molar-refractivity contribution >= 4 is 23.2 Å². The molecule has 1 aliphatic carbocycles. The van der Waals surface area contributed by atoms with Gasteiger partial charge in [-0.15, -0.1) is 11.3 Å². The first-order valence-electron chi connectivity index (χ1n) is 9.27.